The molecule has 2 rings (SSSR count). The number of nitrogen functional groups attached to an aromatic ring is 1. The van der Waals surface area contributed by atoms with E-state index in [-0.39, 0.29) is 38.0 Å². The molecule has 4 N–H and O–H groups in total. The van der Waals surface area contributed by atoms with Gasteiger partial charge in [0.2, 0.25) is 5.37 Å². The molecule has 0 radical (unpaired) electrons. The first-order valence-electron chi connectivity index (χ1n) is 9.43. The number of carboxylic acid groups (broad SMARTS) is 1. The molecule has 0 bridgehead atoms. The number of allylic oxidation sites excluding steroid dienone is 2. The van der Waals surface area contributed by atoms with Crippen molar-refractivity contribution in [3.8, 4) is 0 Å². The minimum atomic E-state index is -3.18. The first-order valence-corrected chi connectivity index (χ1v) is 12.9. The number of aromatic nitrogens is 2. The van der Waals surface area contributed by atoms with Crippen molar-refractivity contribution in [2.45, 2.75) is 63.0 Å². The van der Waals surface area contributed by atoms with Crippen LogP contribution in [0.5, 0.6) is 0 Å². The Bertz CT molecular complexity index is 974. The summed E-state index contributed by atoms with van der Waals surface area (Å²) in [5, 5.41) is 17.5. The molecule has 11 nitrogen and oxygen atoms in total. The van der Waals surface area contributed by atoms with E-state index in [1.54, 1.807) is 20.0 Å². The van der Waals surface area contributed by atoms with Crippen molar-refractivity contribution in [1.29, 1.82) is 0 Å². The van der Waals surface area contributed by atoms with E-state index >= 15 is 0 Å². The van der Waals surface area contributed by atoms with Crippen molar-refractivity contribution in [3.63, 3.8) is 0 Å². The Labute approximate surface area is 184 Å². The highest BCUT2D eigenvalue weighted by molar-refractivity contribution is 7.83. The van der Waals surface area contributed by atoms with Crippen molar-refractivity contribution < 1.29 is 33.3 Å². The molecule has 31 heavy (non-hydrogen) atoms. The summed E-state index contributed by atoms with van der Waals surface area (Å²) in [4.78, 5) is 21.4. The molecule has 0 spiro atoms. The largest absolute Gasteiger partial charge is 0.481 e. The Morgan fingerprint density at radius 3 is 2.48 bits per heavy atom. The SMILES string of the molecule is CC1=C(CC(P(=O)=O)P(=O)=O)[SH+]C(C(O)CCCC(=O)O)N1Cc1cnc(C)nc1N. The molecule has 0 saturated carbocycles. The summed E-state index contributed by atoms with van der Waals surface area (Å²) < 4.78 is 45.5. The van der Waals surface area contributed by atoms with Gasteiger partial charge in [-0.15, -0.1) is 0 Å². The van der Waals surface area contributed by atoms with Crippen LogP contribution in [0.3, 0.4) is 0 Å². The predicted octanol–water partition coefficient (Wildman–Crippen LogP) is 2.23. The van der Waals surface area contributed by atoms with Gasteiger partial charge in [-0.05, 0) is 26.7 Å². The molecule has 0 saturated heterocycles. The summed E-state index contributed by atoms with van der Waals surface area (Å²) in [5.41, 5.74) is 7.23. The van der Waals surface area contributed by atoms with Crippen molar-refractivity contribution in [2.75, 3.05) is 5.73 Å². The van der Waals surface area contributed by atoms with Crippen molar-refractivity contribution in [2.24, 2.45) is 0 Å². The van der Waals surface area contributed by atoms with Crippen LogP contribution in [-0.2, 0) is 41.4 Å². The van der Waals surface area contributed by atoms with Gasteiger partial charge in [-0.1, -0.05) is 0 Å². The van der Waals surface area contributed by atoms with E-state index in [1.807, 2.05) is 4.90 Å². The molecule has 1 aromatic rings. The number of rotatable bonds is 11. The second kappa shape index (κ2) is 11.0. The third-order valence-corrected chi connectivity index (χ3v) is 9.09. The fourth-order valence-electron chi connectivity index (χ4n) is 3.22. The van der Waals surface area contributed by atoms with Gasteiger partial charge in [0.05, 0.1) is 12.2 Å². The Kier molecular flexibility index (Phi) is 9.00. The number of nitrogens with two attached hydrogens (primary N) is 1. The van der Waals surface area contributed by atoms with E-state index in [9.17, 15) is 28.2 Å². The van der Waals surface area contributed by atoms with Gasteiger partial charge in [-0.3, -0.25) is 4.79 Å². The summed E-state index contributed by atoms with van der Waals surface area (Å²) >= 11 is 0.565. The van der Waals surface area contributed by atoms with Crippen LogP contribution in [0, 0.1) is 6.92 Å². The predicted molar refractivity (Wildman–Crippen MR) is 114 cm³/mol. The highest BCUT2D eigenvalue weighted by Gasteiger charge is 2.44. The molecule has 2 unspecified atom stereocenters. The van der Waals surface area contributed by atoms with E-state index < -0.39 is 38.2 Å². The van der Waals surface area contributed by atoms with Gasteiger partial charge in [0.15, 0.2) is 10.3 Å². The van der Waals surface area contributed by atoms with Crippen molar-refractivity contribution in [3.05, 3.63) is 28.2 Å². The number of aliphatic hydroxyl groups is 1. The van der Waals surface area contributed by atoms with Crippen LogP contribution in [0.2, 0.25) is 0 Å². The normalized spacial score (nSPS) is 17.3. The third kappa shape index (κ3) is 6.74. The Balaban J connectivity index is 2.31. The monoisotopic (exact) mass is 491 g/mol. The van der Waals surface area contributed by atoms with E-state index in [0.717, 1.165) is 0 Å². The highest BCUT2D eigenvalue weighted by atomic mass is 32.2. The number of aryl methyl sites for hydroxylation is 1. The lowest BCUT2D eigenvalue weighted by Gasteiger charge is -2.26. The summed E-state index contributed by atoms with van der Waals surface area (Å²) in [7, 11) is -6.35. The average Bonchev–Trinajstić information content (AvgIpc) is 2.96. The highest BCUT2D eigenvalue weighted by Crippen LogP contribution is 2.41. The number of aliphatic hydroxyl groups excluding tert-OH is 1. The zero-order valence-corrected chi connectivity index (χ0v) is 19.7. The quantitative estimate of drug-likeness (QED) is 0.234. The molecule has 0 aromatic carbocycles. The smallest absolute Gasteiger partial charge is 0.334 e. The second-order valence-corrected chi connectivity index (χ2v) is 11.3. The topological polar surface area (TPSA) is 181 Å². The molecule has 1 aliphatic rings. The second-order valence-electron chi connectivity index (χ2n) is 7.14. The number of carboxylic acids is 1. The Morgan fingerprint density at radius 2 is 1.94 bits per heavy atom. The van der Waals surface area contributed by atoms with Gasteiger partial charge in [-0.25, -0.2) is 28.2 Å². The molecular weight excluding hydrogens is 466 g/mol. The van der Waals surface area contributed by atoms with Crippen LogP contribution in [0.4, 0.5) is 5.82 Å². The molecular formula is C17H25N4O7P2S+. The number of anilines is 1. The maximum atomic E-state index is 11.4. The minimum Gasteiger partial charge on any atom is -0.481 e. The number of aliphatic carboxylic acids is 1. The number of hydrogen-bond acceptors (Lipinski definition) is 10. The van der Waals surface area contributed by atoms with Crippen LogP contribution in [-0.4, -0.2) is 47.9 Å². The molecule has 14 heteroatoms. The first-order chi connectivity index (χ1) is 14.5. The fourth-order valence-corrected chi connectivity index (χ4v) is 6.43. The average molecular weight is 491 g/mol. The summed E-state index contributed by atoms with van der Waals surface area (Å²) in [6.45, 7) is 3.65. The van der Waals surface area contributed by atoms with Gasteiger partial charge < -0.3 is 20.8 Å². The molecule has 2 heterocycles. The Hall–Kier alpha value is -2.00. The van der Waals surface area contributed by atoms with Gasteiger partial charge >= 0.3 is 21.3 Å². The number of thiol groups is 1. The van der Waals surface area contributed by atoms with Crippen molar-refractivity contribution in [1.82, 2.24) is 14.9 Å². The molecule has 0 aliphatic carbocycles. The maximum absolute atomic E-state index is 11.4. The molecule has 170 valence electrons. The van der Waals surface area contributed by atoms with Crippen LogP contribution in [0.15, 0.2) is 16.8 Å². The minimum absolute atomic E-state index is 0.0892. The molecule has 0 fully saturated rings. The van der Waals surface area contributed by atoms with E-state index in [2.05, 4.69) is 9.97 Å². The van der Waals surface area contributed by atoms with Crippen LogP contribution >= 0.6 is 15.4 Å². The summed E-state index contributed by atoms with van der Waals surface area (Å²) in [6.07, 6.45) is 0.854. The molecule has 0 amide bonds. The number of nitrogens with zero attached hydrogens (tertiary/aromatic N) is 3. The lowest BCUT2D eigenvalue weighted by molar-refractivity contribution is -0.137. The lowest BCUT2D eigenvalue weighted by Crippen LogP contribution is -2.39. The summed E-state index contributed by atoms with van der Waals surface area (Å²) in [5.74, 6) is -0.193. The number of hydrogen-bond donors (Lipinski definition) is 3. The molecule has 1 aliphatic heterocycles. The van der Waals surface area contributed by atoms with Crippen LogP contribution in [0.1, 0.15) is 44.0 Å². The van der Waals surface area contributed by atoms with Gasteiger partial charge in [0, 0.05) is 36.4 Å². The van der Waals surface area contributed by atoms with E-state index in [4.69, 9.17) is 10.8 Å². The maximum Gasteiger partial charge on any atom is 0.334 e. The zero-order valence-electron chi connectivity index (χ0n) is 17.0. The molecule has 2 atom stereocenters. The summed E-state index contributed by atoms with van der Waals surface area (Å²) in [6, 6.07) is 0. The third-order valence-electron chi connectivity index (χ3n) is 4.91. The van der Waals surface area contributed by atoms with Crippen LogP contribution < -0.4 is 5.73 Å². The fraction of sp³-hybridized carbons (Fsp3) is 0.588. The number of carbonyl (C=O) groups is 1. The van der Waals surface area contributed by atoms with Crippen LogP contribution in [0.25, 0.3) is 0 Å². The first kappa shape index (κ1) is 25.3. The molecule has 1 aromatic heterocycles. The standard InChI is InChI=1S/C17H24N4O7P2S/c1-9-13(6-15(29(25)26)30(27)28)31-17(12(22)4-3-5-14(23)24)21(9)8-11-7-19-10(2)20-16(11)18/h7,12,15,17,22H,3-6,8H2,1-2H3,(H,23,24)(H2,18,19,20)/p+1. The van der Waals surface area contributed by atoms with Gasteiger partial charge in [-0.2, -0.15) is 0 Å². The van der Waals surface area contributed by atoms with E-state index in [0.29, 0.717) is 33.8 Å². The van der Waals surface area contributed by atoms with E-state index in [1.165, 1.54) is 0 Å². The lowest BCUT2D eigenvalue weighted by atomic mass is 10.1. The van der Waals surface area contributed by atoms with Gasteiger partial charge in [0.1, 0.15) is 17.7 Å². The van der Waals surface area contributed by atoms with Crippen molar-refractivity contribution >= 4 is 38.9 Å². The Morgan fingerprint density at radius 1 is 1.29 bits per heavy atom. The zero-order chi connectivity index (χ0) is 23.3. The van der Waals surface area contributed by atoms with Gasteiger partial charge in [0.25, 0.3) is 0 Å².